The quantitative estimate of drug-likeness (QED) is 0.786. The van der Waals surface area contributed by atoms with Crippen LogP contribution in [0, 0.1) is 13.8 Å². The van der Waals surface area contributed by atoms with E-state index < -0.39 is 0 Å². The van der Waals surface area contributed by atoms with Crippen molar-refractivity contribution in [2.45, 2.75) is 26.9 Å². The second kappa shape index (κ2) is 7.08. The van der Waals surface area contributed by atoms with Crippen molar-refractivity contribution in [1.29, 1.82) is 0 Å². The molecule has 0 saturated heterocycles. The van der Waals surface area contributed by atoms with Gasteiger partial charge >= 0.3 is 0 Å². The number of aromatic nitrogens is 3. The molecule has 5 nitrogen and oxygen atoms in total. The van der Waals surface area contributed by atoms with Crippen molar-refractivity contribution >= 4 is 5.91 Å². The summed E-state index contributed by atoms with van der Waals surface area (Å²) < 4.78 is 1.91. The first kappa shape index (κ1) is 15.9. The lowest BCUT2D eigenvalue weighted by Crippen LogP contribution is -2.24. The number of nitrogens with one attached hydrogen (secondary N) is 1. The maximum Gasteiger partial charge on any atom is 0.271 e. The van der Waals surface area contributed by atoms with Gasteiger partial charge in [-0.05, 0) is 36.6 Å². The zero-order valence-corrected chi connectivity index (χ0v) is 13.9. The van der Waals surface area contributed by atoms with E-state index in [9.17, 15) is 4.79 Å². The first-order valence-corrected chi connectivity index (χ1v) is 7.88. The van der Waals surface area contributed by atoms with Crippen molar-refractivity contribution in [3.63, 3.8) is 0 Å². The second-order valence-corrected chi connectivity index (χ2v) is 5.79. The van der Waals surface area contributed by atoms with E-state index in [4.69, 9.17) is 0 Å². The summed E-state index contributed by atoms with van der Waals surface area (Å²) in [5, 5.41) is 2.92. The zero-order valence-electron chi connectivity index (χ0n) is 13.9. The molecule has 5 heteroatoms. The van der Waals surface area contributed by atoms with Gasteiger partial charge in [0.1, 0.15) is 5.69 Å². The van der Waals surface area contributed by atoms with Crippen LogP contribution in [-0.2, 0) is 13.1 Å². The van der Waals surface area contributed by atoms with Gasteiger partial charge in [0.25, 0.3) is 5.91 Å². The fourth-order valence-electron chi connectivity index (χ4n) is 2.61. The highest BCUT2D eigenvalue weighted by molar-refractivity contribution is 5.92. The number of hydrogen-bond donors (Lipinski definition) is 1. The summed E-state index contributed by atoms with van der Waals surface area (Å²) in [6, 6.07) is 12.0. The maximum absolute atomic E-state index is 12.3. The van der Waals surface area contributed by atoms with Crippen LogP contribution in [0.5, 0.6) is 0 Å². The summed E-state index contributed by atoms with van der Waals surface area (Å²) >= 11 is 0. The van der Waals surface area contributed by atoms with Crippen LogP contribution >= 0.6 is 0 Å². The highest BCUT2D eigenvalue weighted by Gasteiger charge is 2.11. The molecule has 2 heterocycles. The SMILES string of the molecule is Cc1ccnc(C)c1CNC(=O)c1cn(Cc2ccccc2)cn1. The van der Waals surface area contributed by atoms with Crippen LogP contribution < -0.4 is 5.32 Å². The van der Waals surface area contributed by atoms with Gasteiger partial charge in [0, 0.05) is 31.2 Å². The van der Waals surface area contributed by atoms with Crippen LogP contribution in [-0.4, -0.2) is 20.4 Å². The average Bonchev–Trinajstić information content (AvgIpc) is 3.04. The average molecular weight is 320 g/mol. The molecule has 0 fully saturated rings. The Hall–Kier alpha value is -2.95. The van der Waals surface area contributed by atoms with Gasteiger partial charge < -0.3 is 9.88 Å². The van der Waals surface area contributed by atoms with Crippen molar-refractivity contribution in [3.05, 3.63) is 83.2 Å². The minimum absolute atomic E-state index is 0.176. The fourth-order valence-corrected chi connectivity index (χ4v) is 2.61. The number of amides is 1. The summed E-state index contributed by atoms with van der Waals surface area (Å²) in [5.41, 5.74) is 4.70. The molecule has 1 amide bonds. The highest BCUT2D eigenvalue weighted by atomic mass is 16.1. The molecular formula is C19H20N4O. The van der Waals surface area contributed by atoms with Crippen molar-refractivity contribution < 1.29 is 4.79 Å². The van der Waals surface area contributed by atoms with Crippen LogP contribution in [0.1, 0.15) is 32.9 Å². The van der Waals surface area contributed by atoms with Gasteiger partial charge in [0.05, 0.1) is 6.33 Å². The summed E-state index contributed by atoms with van der Waals surface area (Å²) in [6.07, 6.45) is 5.23. The molecular weight excluding hydrogens is 300 g/mol. The molecule has 0 unspecified atom stereocenters. The van der Waals surface area contributed by atoms with Crippen LogP contribution in [0.3, 0.4) is 0 Å². The van der Waals surface area contributed by atoms with Crippen molar-refractivity contribution in [2.75, 3.05) is 0 Å². The summed E-state index contributed by atoms with van der Waals surface area (Å²) in [7, 11) is 0. The molecule has 3 rings (SSSR count). The molecule has 3 aromatic rings. The minimum atomic E-state index is -0.176. The molecule has 0 aliphatic carbocycles. The molecule has 0 spiro atoms. The number of imidazole rings is 1. The number of nitrogens with zero attached hydrogens (tertiary/aromatic N) is 3. The van der Waals surface area contributed by atoms with E-state index in [2.05, 4.69) is 15.3 Å². The number of carbonyl (C=O) groups excluding carboxylic acids is 1. The van der Waals surface area contributed by atoms with Gasteiger partial charge in [-0.15, -0.1) is 0 Å². The molecule has 1 N–H and O–H groups in total. The van der Waals surface area contributed by atoms with Crippen LogP contribution in [0.15, 0.2) is 55.1 Å². The predicted molar refractivity (Wildman–Crippen MR) is 92.7 cm³/mol. The molecule has 0 radical (unpaired) electrons. The Balaban J connectivity index is 1.64. The predicted octanol–water partition coefficient (Wildman–Crippen LogP) is 2.87. The molecule has 2 aromatic heterocycles. The second-order valence-electron chi connectivity index (χ2n) is 5.79. The monoisotopic (exact) mass is 320 g/mol. The highest BCUT2D eigenvalue weighted by Crippen LogP contribution is 2.10. The van der Waals surface area contributed by atoms with E-state index in [0.29, 0.717) is 18.8 Å². The normalized spacial score (nSPS) is 10.6. The molecule has 1 aromatic carbocycles. The van der Waals surface area contributed by atoms with E-state index in [1.807, 2.05) is 54.8 Å². The molecule has 0 aliphatic rings. The maximum atomic E-state index is 12.3. The third-order valence-electron chi connectivity index (χ3n) is 4.01. The third-order valence-corrected chi connectivity index (χ3v) is 4.01. The Bertz CT molecular complexity index is 819. The lowest BCUT2D eigenvalue weighted by atomic mass is 10.1. The zero-order chi connectivity index (χ0) is 16.9. The smallest absolute Gasteiger partial charge is 0.271 e. The Morgan fingerprint density at radius 1 is 1.12 bits per heavy atom. The number of hydrogen-bond acceptors (Lipinski definition) is 3. The minimum Gasteiger partial charge on any atom is -0.346 e. The number of pyridine rings is 1. The van der Waals surface area contributed by atoms with E-state index >= 15 is 0 Å². The first-order valence-electron chi connectivity index (χ1n) is 7.88. The van der Waals surface area contributed by atoms with Crippen LogP contribution in [0.4, 0.5) is 0 Å². The molecule has 0 bridgehead atoms. The Morgan fingerprint density at radius 2 is 1.92 bits per heavy atom. The molecule has 0 aliphatic heterocycles. The molecule has 122 valence electrons. The van der Waals surface area contributed by atoms with E-state index in [1.54, 1.807) is 18.7 Å². The third kappa shape index (κ3) is 3.68. The first-order chi connectivity index (χ1) is 11.6. The van der Waals surface area contributed by atoms with Gasteiger partial charge in [-0.3, -0.25) is 9.78 Å². The number of carbonyl (C=O) groups is 1. The Labute approximate surface area is 141 Å². The van der Waals surface area contributed by atoms with Gasteiger partial charge in [0.15, 0.2) is 0 Å². The van der Waals surface area contributed by atoms with Crippen LogP contribution in [0.25, 0.3) is 0 Å². The van der Waals surface area contributed by atoms with Crippen molar-refractivity contribution in [2.24, 2.45) is 0 Å². The molecule has 0 saturated carbocycles. The van der Waals surface area contributed by atoms with E-state index in [0.717, 1.165) is 16.8 Å². The lowest BCUT2D eigenvalue weighted by molar-refractivity contribution is 0.0946. The number of benzene rings is 1. The van der Waals surface area contributed by atoms with Crippen LogP contribution in [0.2, 0.25) is 0 Å². The summed E-state index contributed by atoms with van der Waals surface area (Å²) in [5.74, 6) is -0.176. The Morgan fingerprint density at radius 3 is 2.67 bits per heavy atom. The lowest BCUT2D eigenvalue weighted by Gasteiger charge is -2.09. The largest absolute Gasteiger partial charge is 0.346 e. The number of aryl methyl sites for hydroxylation is 2. The van der Waals surface area contributed by atoms with E-state index in [-0.39, 0.29) is 5.91 Å². The van der Waals surface area contributed by atoms with Gasteiger partial charge in [0.2, 0.25) is 0 Å². The van der Waals surface area contributed by atoms with Gasteiger partial charge in [-0.2, -0.15) is 0 Å². The van der Waals surface area contributed by atoms with Crippen molar-refractivity contribution in [3.8, 4) is 0 Å². The molecule has 24 heavy (non-hydrogen) atoms. The topological polar surface area (TPSA) is 59.8 Å². The molecule has 0 atom stereocenters. The van der Waals surface area contributed by atoms with Gasteiger partial charge in [-0.25, -0.2) is 4.98 Å². The summed E-state index contributed by atoms with van der Waals surface area (Å²) in [4.78, 5) is 20.8. The van der Waals surface area contributed by atoms with Gasteiger partial charge in [-0.1, -0.05) is 30.3 Å². The van der Waals surface area contributed by atoms with Crippen molar-refractivity contribution in [1.82, 2.24) is 19.9 Å². The van der Waals surface area contributed by atoms with E-state index in [1.165, 1.54) is 5.56 Å². The Kier molecular flexibility index (Phi) is 4.70. The summed E-state index contributed by atoms with van der Waals surface area (Å²) in [6.45, 7) is 5.12. The number of rotatable bonds is 5. The fraction of sp³-hybridized carbons (Fsp3) is 0.211. The standard InChI is InChI=1S/C19H20N4O/c1-14-8-9-20-15(2)17(14)10-21-19(24)18-12-23(13-22-18)11-16-6-4-3-5-7-16/h3-9,12-13H,10-11H2,1-2H3,(H,21,24).